The number of halogens is 1. The molecule has 40 heavy (non-hydrogen) atoms. The standard InChI is InChI=1S/C31H36ClN2O5S/c1-38-28-11-7-24(35)12-14-40(37)33-30(36)21-5-10-29-27(16-21)34(17-22-4-8-25(22)28)18-31(19-39-29)13-2-3-20-15-23(32)6-9-26(20)31/h5-7,9-11,15-16,22,24-25,28,35H,2-4,8,12-14,17-19H2,1H3/q-1/b11-7+/t22-,24+,25+,28-,31-/m0/s1. The van der Waals surface area contributed by atoms with E-state index in [1.807, 2.05) is 24.3 Å². The Morgan fingerprint density at radius 2 is 2.05 bits per heavy atom. The van der Waals surface area contributed by atoms with Gasteiger partial charge in [0.15, 0.2) is 0 Å². The molecule has 2 aliphatic carbocycles. The first-order chi connectivity index (χ1) is 19.3. The molecule has 1 spiro atoms. The predicted molar refractivity (Wildman–Crippen MR) is 157 cm³/mol. The lowest BCUT2D eigenvalue weighted by molar-refractivity contribution is 0.0126. The Morgan fingerprint density at radius 3 is 2.85 bits per heavy atom. The van der Waals surface area contributed by atoms with Crippen molar-refractivity contribution in [2.75, 3.05) is 37.5 Å². The molecule has 1 saturated carbocycles. The summed E-state index contributed by atoms with van der Waals surface area (Å²) in [6, 6.07) is 11.6. The van der Waals surface area contributed by atoms with Crippen LogP contribution >= 0.6 is 11.6 Å². The second-order valence-corrected chi connectivity index (χ2v) is 13.3. The molecule has 0 unspecified atom stereocenters. The van der Waals surface area contributed by atoms with E-state index in [9.17, 15) is 14.1 Å². The van der Waals surface area contributed by atoms with E-state index in [-0.39, 0.29) is 23.7 Å². The van der Waals surface area contributed by atoms with Crippen molar-refractivity contribution in [3.63, 3.8) is 0 Å². The highest BCUT2D eigenvalue weighted by Crippen LogP contribution is 2.47. The first-order valence-corrected chi connectivity index (χ1v) is 15.8. The zero-order valence-electron chi connectivity index (χ0n) is 22.8. The van der Waals surface area contributed by atoms with Crippen LogP contribution in [0.25, 0.3) is 0 Å². The Morgan fingerprint density at radius 1 is 1.18 bits per heavy atom. The lowest BCUT2D eigenvalue weighted by atomic mass is 9.68. The fourth-order valence-corrected chi connectivity index (χ4v) is 7.95. The average molecular weight is 584 g/mol. The lowest BCUT2D eigenvalue weighted by Gasteiger charge is -2.46. The average Bonchev–Trinajstić information content (AvgIpc) is 3.08. The fourth-order valence-electron chi connectivity index (χ4n) is 6.93. The van der Waals surface area contributed by atoms with Gasteiger partial charge in [-0.2, -0.15) is 10.6 Å². The molecule has 0 saturated heterocycles. The molecule has 4 aliphatic rings. The summed E-state index contributed by atoms with van der Waals surface area (Å²) in [5.41, 5.74) is 3.63. The molecular weight excluding hydrogens is 548 g/mol. The number of amides is 1. The van der Waals surface area contributed by atoms with Gasteiger partial charge in [-0.25, -0.2) is 0 Å². The Bertz CT molecular complexity index is 1410. The van der Waals surface area contributed by atoms with E-state index in [4.69, 9.17) is 21.1 Å². The summed E-state index contributed by atoms with van der Waals surface area (Å²) in [6.45, 7) is 2.09. The van der Waals surface area contributed by atoms with Crippen molar-refractivity contribution in [1.29, 1.82) is 0 Å². The van der Waals surface area contributed by atoms with Gasteiger partial charge in [0.05, 0.1) is 24.5 Å². The summed E-state index contributed by atoms with van der Waals surface area (Å²) >= 11 is 6.39. The lowest BCUT2D eigenvalue weighted by Crippen LogP contribution is -2.49. The van der Waals surface area contributed by atoms with Crippen LogP contribution in [0, 0.1) is 11.8 Å². The number of nitrogens with zero attached hydrogens (tertiary/aromatic N) is 2. The van der Waals surface area contributed by atoms with E-state index in [0.717, 1.165) is 61.7 Å². The Hall–Kier alpha value is -2.39. The van der Waals surface area contributed by atoms with Gasteiger partial charge in [-0.1, -0.05) is 35.6 Å². The monoisotopic (exact) mass is 583 g/mol. The number of ether oxygens (including phenoxy) is 2. The van der Waals surface area contributed by atoms with Crippen LogP contribution in [0.15, 0.2) is 52.9 Å². The van der Waals surface area contributed by atoms with Gasteiger partial charge in [-0.3, -0.25) is 4.79 Å². The number of anilines is 1. The van der Waals surface area contributed by atoms with Gasteiger partial charge < -0.3 is 28.1 Å². The van der Waals surface area contributed by atoms with Crippen molar-refractivity contribution in [3.8, 4) is 5.75 Å². The molecule has 0 aromatic heterocycles. The van der Waals surface area contributed by atoms with Crippen LogP contribution in [0.3, 0.4) is 0 Å². The van der Waals surface area contributed by atoms with Crippen LogP contribution in [0.5, 0.6) is 5.75 Å². The van der Waals surface area contributed by atoms with Crippen LogP contribution in [0.4, 0.5) is 5.69 Å². The molecule has 214 valence electrons. The molecule has 2 aromatic carbocycles. The molecule has 1 amide bonds. The minimum absolute atomic E-state index is 0.104. The van der Waals surface area contributed by atoms with Gasteiger partial charge in [0.1, 0.15) is 5.75 Å². The smallest absolute Gasteiger partial charge is 0.254 e. The zero-order chi connectivity index (χ0) is 27.9. The van der Waals surface area contributed by atoms with Crippen LogP contribution in [0.1, 0.15) is 53.6 Å². The molecule has 2 heterocycles. The van der Waals surface area contributed by atoms with Crippen molar-refractivity contribution < 1.29 is 23.6 Å². The second kappa shape index (κ2) is 11.5. The van der Waals surface area contributed by atoms with Gasteiger partial charge in [0, 0.05) is 36.2 Å². The summed E-state index contributed by atoms with van der Waals surface area (Å²) < 4.78 is 28.9. The minimum atomic E-state index is -1.73. The summed E-state index contributed by atoms with van der Waals surface area (Å²) in [7, 11) is -0.0143. The Labute approximate surface area is 242 Å². The summed E-state index contributed by atoms with van der Waals surface area (Å²) in [5.74, 6) is 1.03. The summed E-state index contributed by atoms with van der Waals surface area (Å²) in [5, 5.41) is 11.2. The van der Waals surface area contributed by atoms with E-state index in [1.165, 1.54) is 11.1 Å². The van der Waals surface area contributed by atoms with Crippen LogP contribution in [0.2, 0.25) is 5.02 Å². The molecule has 7 nitrogen and oxygen atoms in total. The Kier molecular flexibility index (Phi) is 7.96. The van der Waals surface area contributed by atoms with E-state index in [0.29, 0.717) is 24.0 Å². The number of benzene rings is 2. The maximum absolute atomic E-state index is 13.0. The number of hydrogen-bond acceptors (Lipinski definition) is 7. The maximum atomic E-state index is 13.0. The van der Waals surface area contributed by atoms with E-state index in [1.54, 1.807) is 19.3 Å². The van der Waals surface area contributed by atoms with Crippen molar-refractivity contribution in [2.24, 2.45) is 16.2 Å². The number of carbonyl (C=O) groups is 1. The fraction of sp³-hybridized carbons (Fsp3) is 0.516. The molecule has 5 atom stereocenters. The molecule has 1 fully saturated rings. The third-order valence-corrected chi connectivity index (χ3v) is 10.4. The molecule has 9 heteroatoms. The number of aliphatic hydroxyl groups is 1. The number of fused-ring (bicyclic) bond motifs is 4. The van der Waals surface area contributed by atoms with Crippen molar-refractivity contribution in [2.45, 2.75) is 56.1 Å². The topological polar surface area (TPSA) is 88.4 Å². The number of rotatable bonds is 1. The van der Waals surface area contributed by atoms with Gasteiger partial charge in [0.25, 0.3) is 5.91 Å². The molecule has 2 bridgehead atoms. The molecule has 2 aromatic rings. The molecule has 6 rings (SSSR count). The third kappa shape index (κ3) is 5.43. The molecular formula is C31H36ClN2O5S-. The number of aliphatic hydroxyl groups excluding tert-OH is 1. The number of hydrogen-bond donors (Lipinski definition) is 1. The maximum Gasteiger partial charge on any atom is 0.254 e. The first-order valence-electron chi connectivity index (χ1n) is 14.2. The van der Waals surface area contributed by atoms with Crippen LogP contribution < -0.4 is 9.64 Å². The van der Waals surface area contributed by atoms with E-state index < -0.39 is 22.6 Å². The van der Waals surface area contributed by atoms with Crippen LogP contribution in [-0.2, 0) is 31.4 Å². The third-order valence-electron chi connectivity index (χ3n) is 9.21. The molecule has 2 aliphatic heterocycles. The summed E-state index contributed by atoms with van der Waals surface area (Å²) in [4.78, 5) is 15.4. The number of carbonyl (C=O) groups excluding carboxylic acids is 1. The van der Waals surface area contributed by atoms with Crippen LogP contribution in [-0.4, -0.2) is 55.8 Å². The molecule has 1 N–H and O–H groups in total. The summed E-state index contributed by atoms with van der Waals surface area (Å²) in [6.07, 6.45) is 8.24. The van der Waals surface area contributed by atoms with Crippen molar-refractivity contribution in [1.82, 2.24) is 0 Å². The highest BCUT2D eigenvalue weighted by atomic mass is 35.5. The minimum Gasteiger partial charge on any atom is -0.490 e. The number of methoxy groups -OCH3 is 1. The highest BCUT2D eigenvalue weighted by Gasteiger charge is 2.44. The second-order valence-electron chi connectivity index (χ2n) is 11.7. The van der Waals surface area contributed by atoms with Gasteiger partial charge in [-0.15, -0.1) is 0 Å². The van der Waals surface area contributed by atoms with Gasteiger partial charge >= 0.3 is 0 Å². The quantitative estimate of drug-likeness (QED) is 0.354. The predicted octanol–water partition coefficient (Wildman–Crippen LogP) is 5.46. The van der Waals surface area contributed by atoms with Gasteiger partial charge in [-0.05, 0) is 91.8 Å². The largest absolute Gasteiger partial charge is 0.490 e. The highest BCUT2D eigenvalue weighted by molar-refractivity contribution is 7.75. The zero-order valence-corrected chi connectivity index (χ0v) is 24.3. The normalized spacial score (nSPS) is 31.7. The number of aryl methyl sites for hydroxylation is 1. The Balaban J connectivity index is 1.43. The van der Waals surface area contributed by atoms with Crippen molar-refractivity contribution >= 4 is 33.8 Å². The van der Waals surface area contributed by atoms with Crippen molar-refractivity contribution in [3.05, 3.63) is 70.3 Å². The van der Waals surface area contributed by atoms with E-state index >= 15 is 0 Å². The first kappa shape index (κ1) is 27.8. The SMILES string of the molecule is CO[C@H]1/C=C/[C@@H](O)CC[S-](=O)=NC(=O)c2ccc3c(c2)N(C[C@@H]2CC[C@H]21)C[C@@]1(CCCc2cc(Cl)ccc21)CO3. The van der Waals surface area contributed by atoms with E-state index in [2.05, 4.69) is 21.4 Å². The molecule has 0 radical (unpaired) electrons. The van der Waals surface area contributed by atoms with Gasteiger partial charge in [0.2, 0.25) is 0 Å².